The van der Waals surface area contributed by atoms with Gasteiger partial charge in [0.1, 0.15) is 0 Å². The molecule has 4 nitrogen and oxygen atoms in total. The number of halogens is 1. The molecule has 2 amide bonds. The van der Waals surface area contributed by atoms with E-state index in [2.05, 4.69) is 21.2 Å². The maximum atomic E-state index is 12.3. The number of hydrogen-bond donors (Lipinski definition) is 1. The highest BCUT2D eigenvalue weighted by Gasteiger charge is 2.12. The average molecular weight is 403 g/mol. The van der Waals surface area contributed by atoms with Crippen LogP contribution in [0.15, 0.2) is 53.0 Å². The molecule has 2 rings (SSSR count). The van der Waals surface area contributed by atoms with Crippen molar-refractivity contribution in [1.82, 2.24) is 4.90 Å². The van der Waals surface area contributed by atoms with Crippen molar-refractivity contribution >= 4 is 33.4 Å². The number of nitrogens with one attached hydrogen (secondary N) is 1. The zero-order valence-electron chi connectivity index (χ0n) is 14.6. The van der Waals surface area contributed by atoms with Gasteiger partial charge >= 0.3 is 0 Å². The van der Waals surface area contributed by atoms with Gasteiger partial charge in [-0.15, -0.1) is 0 Å². The second-order valence-corrected chi connectivity index (χ2v) is 6.65. The van der Waals surface area contributed by atoms with Gasteiger partial charge in [0.25, 0.3) is 5.91 Å². The van der Waals surface area contributed by atoms with E-state index in [1.54, 1.807) is 29.2 Å². The molecule has 0 bridgehead atoms. The number of amides is 2. The second-order valence-electron chi connectivity index (χ2n) is 5.73. The summed E-state index contributed by atoms with van der Waals surface area (Å²) in [5.74, 6) is -0.0275. The molecule has 0 fully saturated rings. The largest absolute Gasteiger partial charge is 0.339 e. The summed E-state index contributed by atoms with van der Waals surface area (Å²) in [6.45, 7) is 5.29. The Balaban J connectivity index is 1.90. The summed E-state index contributed by atoms with van der Waals surface area (Å²) in [4.78, 5) is 26.1. The van der Waals surface area contributed by atoms with Crippen LogP contribution in [0.2, 0.25) is 0 Å². The molecule has 0 unspecified atom stereocenters. The topological polar surface area (TPSA) is 49.4 Å². The number of rotatable bonds is 7. The number of carbonyl (C=O) groups excluding carboxylic acids is 2. The molecule has 0 atom stereocenters. The second kappa shape index (κ2) is 9.37. The fourth-order valence-electron chi connectivity index (χ4n) is 2.56. The maximum absolute atomic E-state index is 12.3. The molecule has 5 heteroatoms. The zero-order chi connectivity index (χ0) is 18.2. The van der Waals surface area contributed by atoms with E-state index in [-0.39, 0.29) is 11.8 Å². The predicted molar refractivity (Wildman–Crippen MR) is 105 cm³/mol. The van der Waals surface area contributed by atoms with Gasteiger partial charge in [0.15, 0.2) is 0 Å². The molecular formula is C20H23BrN2O2. The molecule has 0 aromatic heterocycles. The van der Waals surface area contributed by atoms with Crippen molar-refractivity contribution in [1.29, 1.82) is 0 Å². The first-order valence-corrected chi connectivity index (χ1v) is 9.26. The summed E-state index contributed by atoms with van der Waals surface area (Å²) in [5.41, 5.74) is 2.45. The molecule has 0 aliphatic heterocycles. The third-order valence-corrected chi connectivity index (χ3v) is 4.49. The summed E-state index contributed by atoms with van der Waals surface area (Å²) in [5, 5.41) is 2.87. The molecule has 0 radical (unpaired) electrons. The van der Waals surface area contributed by atoms with Gasteiger partial charge in [-0.2, -0.15) is 0 Å². The molecule has 132 valence electrons. The minimum atomic E-state index is -0.0391. The van der Waals surface area contributed by atoms with E-state index in [0.29, 0.717) is 37.2 Å². The number of anilines is 1. The molecule has 0 spiro atoms. The summed E-state index contributed by atoms with van der Waals surface area (Å²) >= 11 is 3.43. The van der Waals surface area contributed by atoms with E-state index in [4.69, 9.17) is 0 Å². The highest BCUT2D eigenvalue weighted by Crippen LogP contribution is 2.15. The van der Waals surface area contributed by atoms with Crippen molar-refractivity contribution in [2.45, 2.75) is 26.7 Å². The van der Waals surface area contributed by atoms with E-state index in [1.165, 1.54) is 0 Å². The number of benzene rings is 2. The fourth-order valence-corrected chi connectivity index (χ4v) is 3.01. The van der Waals surface area contributed by atoms with Crippen LogP contribution in [0.25, 0.3) is 0 Å². The van der Waals surface area contributed by atoms with Crippen LogP contribution < -0.4 is 5.32 Å². The minimum Gasteiger partial charge on any atom is -0.339 e. The fraction of sp³-hybridized carbons (Fsp3) is 0.300. The average Bonchev–Trinajstić information content (AvgIpc) is 2.61. The van der Waals surface area contributed by atoms with Gasteiger partial charge in [-0.1, -0.05) is 28.1 Å². The molecule has 1 N–H and O–H groups in total. The first-order chi connectivity index (χ1) is 12.0. The minimum absolute atomic E-state index is 0.0116. The molecule has 2 aromatic carbocycles. The van der Waals surface area contributed by atoms with Crippen LogP contribution in [0.4, 0.5) is 5.69 Å². The van der Waals surface area contributed by atoms with Crippen LogP contribution in [0.5, 0.6) is 0 Å². The lowest BCUT2D eigenvalue weighted by Crippen LogP contribution is -2.30. The Morgan fingerprint density at radius 1 is 1.04 bits per heavy atom. The third-order valence-electron chi connectivity index (χ3n) is 4.00. The van der Waals surface area contributed by atoms with E-state index in [0.717, 1.165) is 10.0 Å². The van der Waals surface area contributed by atoms with Crippen molar-refractivity contribution in [2.24, 2.45) is 0 Å². The Bertz CT molecular complexity index is 725. The van der Waals surface area contributed by atoms with Gasteiger partial charge in [-0.3, -0.25) is 9.59 Å². The summed E-state index contributed by atoms with van der Waals surface area (Å²) < 4.78 is 1.01. The molecule has 0 aliphatic rings. The quantitative estimate of drug-likeness (QED) is 0.740. The predicted octanol–water partition coefficient (Wildman–Crippen LogP) is 4.50. The van der Waals surface area contributed by atoms with E-state index in [1.807, 2.05) is 38.1 Å². The Morgan fingerprint density at radius 3 is 2.32 bits per heavy atom. The lowest BCUT2D eigenvalue weighted by Gasteiger charge is -2.18. The van der Waals surface area contributed by atoms with Crippen molar-refractivity contribution < 1.29 is 9.59 Å². The van der Waals surface area contributed by atoms with Crippen molar-refractivity contribution in [3.05, 3.63) is 64.1 Å². The number of aryl methyl sites for hydroxylation is 1. The molecular weight excluding hydrogens is 380 g/mol. The standard InChI is InChI=1S/C20H23BrN2O2/c1-3-23(4-2)20(25)16-9-11-18(12-10-16)22-19(24)13-8-15-6-5-7-17(21)14-15/h5-7,9-12,14H,3-4,8,13H2,1-2H3,(H,22,24). The number of carbonyl (C=O) groups is 2. The molecule has 2 aromatic rings. The van der Waals surface area contributed by atoms with Crippen molar-refractivity contribution in [3.63, 3.8) is 0 Å². The molecule has 0 heterocycles. The maximum Gasteiger partial charge on any atom is 0.253 e. The van der Waals surface area contributed by atoms with Gasteiger partial charge in [-0.25, -0.2) is 0 Å². The van der Waals surface area contributed by atoms with Gasteiger partial charge in [0, 0.05) is 35.2 Å². The van der Waals surface area contributed by atoms with E-state index < -0.39 is 0 Å². The Hall–Kier alpha value is -2.14. The van der Waals surface area contributed by atoms with Gasteiger partial charge in [-0.05, 0) is 62.2 Å². The molecule has 0 saturated heterocycles. The van der Waals surface area contributed by atoms with Gasteiger partial charge in [0.2, 0.25) is 5.91 Å². The monoisotopic (exact) mass is 402 g/mol. The van der Waals surface area contributed by atoms with Gasteiger partial charge < -0.3 is 10.2 Å². The third kappa shape index (κ3) is 5.71. The molecule has 0 aliphatic carbocycles. The van der Waals surface area contributed by atoms with Crippen LogP contribution >= 0.6 is 15.9 Å². The molecule has 0 saturated carbocycles. The SMILES string of the molecule is CCN(CC)C(=O)c1ccc(NC(=O)CCc2cccc(Br)c2)cc1. The highest BCUT2D eigenvalue weighted by atomic mass is 79.9. The lowest BCUT2D eigenvalue weighted by atomic mass is 10.1. The van der Waals surface area contributed by atoms with E-state index >= 15 is 0 Å². The lowest BCUT2D eigenvalue weighted by molar-refractivity contribution is -0.116. The zero-order valence-corrected chi connectivity index (χ0v) is 16.2. The molecule has 25 heavy (non-hydrogen) atoms. The summed E-state index contributed by atoms with van der Waals surface area (Å²) in [6, 6.07) is 15.0. The highest BCUT2D eigenvalue weighted by molar-refractivity contribution is 9.10. The van der Waals surface area contributed by atoms with Gasteiger partial charge in [0.05, 0.1) is 0 Å². The van der Waals surface area contributed by atoms with Crippen LogP contribution in [0, 0.1) is 0 Å². The number of hydrogen-bond acceptors (Lipinski definition) is 2. The number of nitrogens with zero attached hydrogens (tertiary/aromatic N) is 1. The van der Waals surface area contributed by atoms with E-state index in [9.17, 15) is 9.59 Å². The Kier molecular flexibility index (Phi) is 7.19. The van der Waals surface area contributed by atoms with Crippen LogP contribution in [-0.2, 0) is 11.2 Å². The first kappa shape index (κ1) is 19.2. The van der Waals surface area contributed by atoms with Crippen molar-refractivity contribution in [3.8, 4) is 0 Å². The van der Waals surface area contributed by atoms with Crippen LogP contribution in [0.3, 0.4) is 0 Å². The Morgan fingerprint density at radius 2 is 1.72 bits per heavy atom. The summed E-state index contributed by atoms with van der Waals surface area (Å²) in [7, 11) is 0. The normalized spacial score (nSPS) is 10.4. The first-order valence-electron chi connectivity index (χ1n) is 8.47. The van der Waals surface area contributed by atoms with Crippen LogP contribution in [-0.4, -0.2) is 29.8 Å². The smallest absolute Gasteiger partial charge is 0.253 e. The van der Waals surface area contributed by atoms with Crippen LogP contribution in [0.1, 0.15) is 36.2 Å². The van der Waals surface area contributed by atoms with Crippen molar-refractivity contribution in [2.75, 3.05) is 18.4 Å². The Labute approximate surface area is 157 Å². The summed E-state index contributed by atoms with van der Waals surface area (Å²) in [6.07, 6.45) is 1.10.